The first-order chi connectivity index (χ1) is 21.5. The minimum absolute atomic E-state index is 0.227. The molecule has 0 fully saturated rings. The highest BCUT2D eigenvalue weighted by Gasteiger charge is 2.34. The minimum Gasteiger partial charge on any atom is -0.461 e. The van der Waals surface area contributed by atoms with Crippen molar-refractivity contribution in [2.75, 3.05) is 13.2 Å². The Balaban J connectivity index is 1.42. The van der Waals surface area contributed by atoms with Gasteiger partial charge < -0.3 is 9.47 Å². The SMILES string of the molecule is CCOC(=O)C1=N/C(=C2/N=C(C(=O)OCC)c3cc4cc5ccccc5cc4cc32)c2cc3cc4ccccc4cc3cc21. The van der Waals surface area contributed by atoms with Crippen LogP contribution in [0.25, 0.3) is 54.5 Å². The van der Waals surface area contributed by atoms with E-state index in [0.717, 1.165) is 54.2 Å². The van der Waals surface area contributed by atoms with Crippen LogP contribution in [0, 0.1) is 0 Å². The monoisotopic (exact) mass is 574 g/mol. The lowest BCUT2D eigenvalue weighted by atomic mass is 9.93. The van der Waals surface area contributed by atoms with Gasteiger partial charge in [-0.2, -0.15) is 0 Å². The van der Waals surface area contributed by atoms with Crippen LogP contribution in [-0.4, -0.2) is 36.6 Å². The van der Waals surface area contributed by atoms with Gasteiger partial charge in [0.2, 0.25) is 0 Å². The number of carbonyl (C=O) groups is 2. The zero-order valence-corrected chi connectivity index (χ0v) is 24.2. The first kappa shape index (κ1) is 26.0. The summed E-state index contributed by atoms with van der Waals surface area (Å²) < 4.78 is 10.9. The largest absolute Gasteiger partial charge is 0.461 e. The summed E-state index contributed by atoms with van der Waals surface area (Å²) in [5.74, 6) is -0.996. The molecule has 2 heterocycles. The van der Waals surface area contributed by atoms with Crippen molar-refractivity contribution >= 4 is 77.8 Å². The van der Waals surface area contributed by atoms with Crippen LogP contribution >= 0.6 is 0 Å². The van der Waals surface area contributed by atoms with E-state index in [2.05, 4.69) is 60.7 Å². The summed E-state index contributed by atoms with van der Waals surface area (Å²) >= 11 is 0. The van der Waals surface area contributed by atoms with Crippen LogP contribution < -0.4 is 0 Å². The van der Waals surface area contributed by atoms with Gasteiger partial charge in [0.15, 0.2) is 11.4 Å². The standard InChI is InChI=1S/C38H26N2O4/c1-3-43-37(41)35-31-19-27-15-23-11-7-5-9-21(23)13-25(27)17-29(31)33(39-35)34-30-18-26-14-22-10-6-8-12-24(22)16-28(26)20-32(30)36(40-34)38(42)44-4-2/h5-20H,3-4H2,1-2H3/b34-33+. The predicted octanol–water partition coefficient (Wildman–Crippen LogP) is 7.86. The van der Waals surface area contributed by atoms with Crippen molar-refractivity contribution in [2.45, 2.75) is 13.8 Å². The van der Waals surface area contributed by atoms with Crippen LogP contribution in [0.15, 0.2) is 107 Å². The second-order valence-corrected chi connectivity index (χ2v) is 10.9. The summed E-state index contributed by atoms with van der Waals surface area (Å²) in [6.07, 6.45) is 0. The Morgan fingerprint density at radius 3 is 1.11 bits per heavy atom. The summed E-state index contributed by atoms with van der Waals surface area (Å²) in [6.45, 7) is 4.01. The smallest absolute Gasteiger partial charge is 0.357 e. The lowest BCUT2D eigenvalue weighted by Crippen LogP contribution is -2.17. The van der Waals surface area contributed by atoms with Gasteiger partial charge in [-0.05, 0) is 105 Å². The van der Waals surface area contributed by atoms with Gasteiger partial charge in [-0.15, -0.1) is 0 Å². The topological polar surface area (TPSA) is 77.3 Å². The minimum atomic E-state index is -0.498. The van der Waals surface area contributed by atoms with E-state index in [4.69, 9.17) is 19.5 Å². The molecule has 6 aromatic rings. The third-order valence-electron chi connectivity index (χ3n) is 8.31. The van der Waals surface area contributed by atoms with Crippen LogP contribution in [0.3, 0.4) is 0 Å². The number of benzene rings is 6. The van der Waals surface area contributed by atoms with Gasteiger partial charge in [-0.1, -0.05) is 48.5 Å². The number of ether oxygens (including phenoxy) is 2. The molecule has 0 radical (unpaired) electrons. The van der Waals surface area contributed by atoms with Gasteiger partial charge in [-0.3, -0.25) is 0 Å². The first-order valence-corrected chi connectivity index (χ1v) is 14.7. The zero-order valence-electron chi connectivity index (χ0n) is 24.2. The Kier molecular flexibility index (Phi) is 5.91. The molecule has 0 saturated carbocycles. The Hall–Kier alpha value is -5.62. The average molecular weight is 575 g/mol. The highest BCUT2D eigenvalue weighted by molar-refractivity contribution is 6.49. The fraction of sp³-hybridized carbons (Fsp3) is 0.105. The van der Waals surface area contributed by atoms with Crippen molar-refractivity contribution < 1.29 is 19.1 Å². The second-order valence-electron chi connectivity index (χ2n) is 10.9. The maximum Gasteiger partial charge on any atom is 0.357 e. The molecule has 0 bridgehead atoms. The first-order valence-electron chi connectivity index (χ1n) is 14.7. The third kappa shape index (κ3) is 4.02. The Bertz CT molecular complexity index is 2180. The number of fused-ring (bicyclic) bond motifs is 6. The summed E-state index contributed by atoms with van der Waals surface area (Å²) in [4.78, 5) is 36.2. The molecule has 2 aliphatic heterocycles. The number of carbonyl (C=O) groups excluding carboxylic acids is 2. The summed E-state index contributed by atoms with van der Waals surface area (Å²) in [6, 6.07) is 33.0. The molecule has 0 amide bonds. The molecule has 0 aromatic heterocycles. The zero-order chi connectivity index (χ0) is 29.9. The molecular formula is C38H26N2O4. The van der Waals surface area contributed by atoms with Crippen molar-refractivity contribution in [3.05, 3.63) is 119 Å². The second kappa shape index (κ2) is 9.99. The Labute approximate surface area is 253 Å². The molecule has 0 atom stereocenters. The summed E-state index contributed by atoms with van der Waals surface area (Å²) in [5, 5.41) is 8.46. The molecule has 0 spiro atoms. The summed E-state index contributed by atoms with van der Waals surface area (Å²) in [7, 11) is 0. The van der Waals surface area contributed by atoms with E-state index in [1.807, 2.05) is 36.4 Å². The van der Waals surface area contributed by atoms with Gasteiger partial charge in [0.25, 0.3) is 0 Å². The Morgan fingerprint density at radius 2 is 0.795 bits per heavy atom. The van der Waals surface area contributed by atoms with E-state index in [1.165, 1.54) is 0 Å². The molecule has 6 aromatic carbocycles. The molecular weight excluding hydrogens is 548 g/mol. The van der Waals surface area contributed by atoms with Gasteiger partial charge in [0.05, 0.1) is 24.6 Å². The maximum absolute atomic E-state index is 13.2. The van der Waals surface area contributed by atoms with E-state index in [0.29, 0.717) is 22.5 Å². The average Bonchev–Trinajstić information content (AvgIpc) is 3.58. The highest BCUT2D eigenvalue weighted by Crippen LogP contribution is 2.43. The van der Waals surface area contributed by atoms with Gasteiger partial charge >= 0.3 is 11.9 Å². The lowest BCUT2D eigenvalue weighted by Gasteiger charge is -2.10. The van der Waals surface area contributed by atoms with E-state index in [-0.39, 0.29) is 24.6 Å². The lowest BCUT2D eigenvalue weighted by molar-refractivity contribution is -0.135. The number of aliphatic imine (C=N–C) groups is 2. The number of hydrogen-bond donors (Lipinski definition) is 0. The van der Waals surface area contributed by atoms with Crippen LogP contribution in [0.2, 0.25) is 0 Å². The summed E-state index contributed by atoms with van der Waals surface area (Å²) in [5.41, 5.74) is 4.41. The molecule has 0 N–H and O–H groups in total. The number of hydrogen-bond acceptors (Lipinski definition) is 6. The fourth-order valence-electron chi connectivity index (χ4n) is 6.30. The van der Waals surface area contributed by atoms with Crippen molar-refractivity contribution in [3.8, 4) is 0 Å². The molecule has 44 heavy (non-hydrogen) atoms. The van der Waals surface area contributed by atoms with Crippen molar-refractivity contribution in [2.24, 2.45) is 9.98 Å². The van der Waals surface area contributed by atoms with Crippen molar-refractivity contribution in [1.29, 1.82) is 0 Å². The molecule has 2 aliphatic rings. The van der Waals surface area contributed by atoms with Gasteiger partial charge in [-0.25, -0.2) is 19.6 Å². The van der Waals surface area contributed by atoms with Crippen molar-refractivity contribution in [3.63, 3.8) is 0 Å². The van der Waals surface area contributed by atoms with E-state index >= 15 is 0 Å². The van der Waals surface area contributed by atoms with E-state index in [1.54, 1.807) is 13.8 Å². The molecule has 212 valence electrons. The maximum atomic E-state index is 13.2. The van der Waals surface area contributed by atoms with Gasteiger partial charge in [0.1, 0.15) is 0 Å². The molecule has 6 heteroatoms. The van der Waals surface area contributed by atoms with Crippen LogP contribution in [0.4, 0.5) is 0 Å². The van der Waals surface area contributed by atoms with Crippen molar-refractivity contribution in [1.82, 2.24) is 0 Å². The highest BCUT2D eigenvalue weighted by atomic mass is 16.5. The molecule has 0 unspecified atom stereocenters. The number of nitrogens with zero attached hydrogens (tertiary/aromatic N) is 2. The van der Waals surface area contributed by atoms with Crippen LogP contribution in [0.1, 0.15) is 36.1 Å². The molecule has 0 saturated heterocycles. The van der Waals surface area contributed by atoms with Crippen LogP contribution in [-0.2, 0) is 19.1 Å². The number of rotatable bonds is 4. The number of esters is 2. The Morgan fingerprint density at radius 1 is 0.477 bits per heavy atom. The molecule has 6 nitrogen and oxygen atoms in total. The molecule has 8 rings (SSSR count). The third-order valence-corrected chi connectivity index (χ3v) is 8.31. The molecule has 0 aliphatic carbocycles. The normalized spacial score (nSPS) is 15.4. The predicted molar refractivity (Wildman–Crippen MR) is 176 cm³/mol. The quantitative estimate of drug-likeness (QED) is 0.159. The van der Waals surface area contributed by atoms with Crippen LogP contribution in [0.5, 0.6) is 0 Å². The van der Waals surface area contributed by atoms with E-state index in [9.17, 15) is 9.59 Å². The van der Waals surface area contributed by atoms with E-state index < -0.39 is 11.9 Å². The fourth-order valence-corrected chi connectivity index (χ4v) is 6.30. The van der Waals surface area contributed by atoms with Gasteiger partial charge in [0, 0.05) is 22.3 Å².